The zero-order chi connectivity index (χ0) is 17.9. The maximum Gasteiger partial charge on any atom is 0.251 e. The van der Waals surface area contributed by atoms with Crippen molar-refractivity contribution in [2.75, 3.05) is 6.54 Å². The molecule has 1 aliphatic rings. The van der Waals surface area contributed by atoms with Crippen LogP contribution in [0.25, 0.3) is 11.3 Å². The fourth-order valence-electron chi connectivity index (χ4n) is 3.05. The summed E-state index contributed by atoms with van der Waals surface area (Å²) in [5.74, 6) is 0.441. The van der Waals surface area contributed by atoms with Crippen LogP contribution in [0.15, 0.2) is 60.8 Å². The maximum atomic E-state index is 13.2. The van der Waals surface area contributed by atoms with E-state index in [2.05, 4.69) is 14.9 Å². The van der Waals surface area contributed by atoms with Crippen molar-refractivity contribution >= 4 is 5.91 Å². The maximum absolute atomic E-state index is 13.2. The predicted molar refractivity (Wildman–Crippen MR) is 95.0 cm³/mol. The van der Waals surface area contributed by atoms with E-state index in [0.29, 0.717) is 25.3 Å². The van der Waals surface area contributed by atoms with Crippen LogP contribution in [0.1, 0.15) is 16.2 Å². The minimum absolute atomic E-state index is 0.121. The highest BCUT2D eigenvalue weighted by molar-refractivity contribution is 5.94. The molecule has 0 saturated heterocycles. The number of rotatable bonds is 4. The molecule has 0 fully saturated rings. The van der Waals surface area contributed by atoms with Crippen LogP contribution in [-0.4, -0.2) is 28.1 Å². The van der Waals surface area contributed by atoms with Crippen LogP contribution in [0.2, 0.25) is 0 Å². The van der Waals surface area contributed by atoms with Crippen molar-refractivity contribution in [1.82, 2.24) is 14.9 Å². The van der Waals surface area contributed by atoms with Crippen LogP contribution < -0.4 is 5.32 Å². The van der Waals surface area contributed by atoms with Gasteiger partial charge in [-0.15, -0.1) is 0 Å². The molecule has 1 atom stereocenters. The molecule has 5 nitrogen and oxygen atoms in total. The number of hydrogen-bond acceptors (Lipinski definition) is 3. The number of nitrogens with one attached hydrogen (secondary N) is 1. The Morgan fingerprint density at radius 3 is 2.73 bits per heavy atom. The molecule has 0 saturated carbocycles. The Hall–Kier alpha value is -2.99. The number of fused-ring (bicyclic) bond motifs is 1. The zero-order valence-corrected chi connectivity index (χ0v) is 14.1. The van der Waals surface area contributed by atoms with Gasteiger partial charge in [-0.1, -0.05) is 18.2 Å². The van der Waals surface area contributed by atoms with Gasteiger partial charge < -0.3 is 14.6 Å². The van der Waals surface area contributed by atoms with Crippen molar-refractivity contribution in [3.63, 3.8) is 0 Å². The Bertz CT molecular complexity index is 907. The summed E-state index contributed by atoms with van der Waals surface area (Å²) in [6, 6.07) is 15.4. The molecule has 0 bridgehead atoms. The number of carbonyl (C=O) groups is 1. The van der Waals surface area contributed by atoms with Crippen molar-refractivity contribution in [3.05, 3.63) is 78.0 Å². The molecule has 26 heavy (non-hydrogen) atoms. The Labute approximate surface area is 150 Å². The van der Waals surface area contributed by atoms with Crippen LogP contribution in [0.3, 0.4) is 0 Å². The lowest BCUT2D eigenvalue weighted by atomic mass is 10.1. The summed E-state index contributed by atoms with van der Waals surface area (Å²) in [7, 11) is 0. The van der Waals surface area contributed by atoms with E-state index in [9.17, 15) is 9.18 Å². The minimum atomic E-state index is -0.267. The molecule has 0 spiro atoms. The number of benzene rings is 2. The molecular weight excluding hydrogens is 333 g/mol. The van der Waals surface area contributed by atoms with E-state index in [1.807, 2.05) is 18.2 Å². The first kappa shape index (κ1) is 16.5. The van der Waals surface area contributed by atoms with Gasteiger partial charge in [-0.05, 0) is 42.0 Å². The number of ether oxygens (including phenoxy) is 1. The molecule has 3 aromatic rings. The summed E-state index contributed by atoms with van der Waals surface area (Å²) in [5.41, 5.74) is 2.44. The lowest BCUT2D eigenvalue weighted by Gasteiger charge is -2.26. The molecule has 1 aliphatic heterocycles. The lowest BCUT2D eigenvalue weighted by Crippen LogP contribution is -2.39. The average molecular weight is 351 g/mol. The topological polar surface area (TPSA) is 56.2 Å². The molecular formula is C20H18FN3O2. The highest BCUT2D eigenvalue weighted by Crippen LogP contribution is 2.25. The van der Waals surface area contributed by atoms with Crippen molar-refractivity contribution in [2.45, 2.75) is 19.3 Å². The third-order valence-electron chi connectivity index (χ3n) is 4.44. The Morgan fingerprint density at radius 1 is 1.19 bits per heavy atom. The summed E-state index contributed by atoms with van der Waals surface area (Å²) in [6.07, 6.45) is 1.63. The van der Waals surface area contributed by atoms with E-state index >= 15 is 0 Å². The molecule has 1 N–H and O–H groups in total. The van der Waals surface area contributed by atoms with E-state index < -0.39 is 0 Å². The van der Waals surface area contributed by atoms with E-state index in [4.69, 9.17) is 4.74 Å². The fourth-order valence-corrected chi connectivity index (χ4v) is 3.05. The normalized spacial score (nSPS) is 16.1. The number of halogens is 1. The van der Waals surface area contributed by atoms with Crippen molar-refractivity contribution in [2.24, 2.45) is 0 Å². The Kier molecular flexibility index (Phi) is 4.50. The van der Waals surface area contributed by atoms with Crippen LogP contribution in [0.5, 0.6) is 0 Å². The molecule has 4 rings (SSSR count). The number of amides is 1. The standard InChI is InChI=1S/C20H18FN3O2/c21-16-8-6-14(7-9-16)18-11-22-19-13-26-17(12-24(18)19)10-23-20(25)15-4-2-1-3-5-15/h1-9,11,17H,10,12-13H2,(H,23,25)/t17-/m0/s1. The second-order valence-electron chi connectivity index (χ2n) is 6.19. The molecule has 0 unspecified atom stereocenters. The molecule has 132 valence electrons. The summed E-state index contributed by atoms with van der Waals surface area (Å²) in [6.45, 7) is 1.37. The van der Waals surface area contributed by atoms with Crippen LogP contribution in [0, 0.1) is 5.82 Å². The third kappa shape index (κ3) is 3.36. The van der Waals surface area contributed by atoms with Crippen molar-refractivity contribution in [3.8, 4) is 11.3 Å². The molecule has 0 radical (unpaired) electrons. The fraction of sp³-hybridized carbons (Fsp3) is 0.200. The highest BCUT2D eigenvalue weighted by atomic mass is 19.1. The van der Waals surface area contributed by atoms with Gasteiger partial charge >= 0.3 is 0 Å². The van der Waals surface area contributed by atoms with Gasteiger partial charge in [0.05, 0.1) is 24.5 Å². The van der Waals surface area contributed by atoms with Gasteiger partial charge in [0.25, 0.3) is 5.91 Å². The van der Waals surface area contributed by atoms with Gasteiger partial charge in [0, 0.05) is 12.1 Å². The first-order chi connectivity index (χ1) is 12.7. The first-order valence-electron chi connectivity index (χ1n) is 8.46. The number of aromatic nitrogens is 2. The second-order valence-corrected chi connectivity index (χ2v) is 6.19. The zero-order valence-electron chi connectivity index (χ0n) is 14.1. The van der Waals surface area contributed by atoms with Crippen LogP contribution in [0.4, 0.5) is 4.39 Å². The summed E-state index contributed by atoms with van der Waals surface area (Å²) in [4.78, 5) is 16.6. The minimum Gasteiger partial charge on any atom is -0.367 e. The summed E-state index contributed by atoms with van der Waals surface area (Å²) < 4.78 is 21.0. The van der Waals surface area contributed by atoms with Gasteiger partial charge in [0.2, 0.25) is 0 Å². The quantitative estimate of drug-likeness (QED) is 0.786. The summed E-state index contributed by atoms with van der Waals surface area (Å²) in [5, 5.41) is 2.91. The molecule has 2 aromatic carbocycles. The number of carbonyl (C=O) groups excluding carboxylic acids is 1. The van der Waals surface area contributed by atoms with Gasteiger partial charge in [0.1, 0.15) is 18.2 Å². The van der Waals surface area contributed by atoms with E-state index in [-0.39, 0.29) is 17.8 Å². The molecule has 0 aliphatic carbocycles. The third-order valence-corrected chi connectivity index (χ3v) is 4.44. The number of nitrogens with zero attached hydrogens (tertiary/aromatic N) is 2. The Morgan fingerprint density at radius 2 is 1.96 bits per heavy atom. The average Bonchev–Trinajstić information content (AvgIpc) is 3.10. The largest absolute Gasteiger partial charge is 0.367 e. The van der Waals surface area contributed by atoms with Gasteiger partial charge in [-0.25, -0.2) is 9.37 Å². The second kappa shape index (κ2) is 7.09. The molecule has 1 aromatic heterocycles. The van der Waals surface area contributed by atoms with E-state index in [1.165, 1.54) is 12.1 Å². The first-order valence-corrected chi connectivity index (χ1v) is 8.46. The number of imidazole rings is 1. The smallest absolute Gasteiger partial charge is 0.251 e. The van der Waals surface area contributed by atoms with Crippen LogP contribution >= 0.6 is 0 Å². The molecule has 1 amide bonds. The van der Waals surface area contributed by atoms with Gasteiger partial charge in [-0.3, -0.25) is 4.79 Å². The summed E-state index contributed by atoms with van der Waals surface area (Å²) >= 11 is 0. The van der Waals surface area contributed by atoms with E-state index in [1.54, 1.807) is 30.5 Å². The predicted octanol–water partition coefficient (Wildman–Crippen LogP) is 3.02. The highest BCUT2D eigenvalue weighted by Gasteiger charge is 2.23. The number of hydrogen-bond donors (Lipinski definition) is 1. The van der Waals surface area contributed by atoms with Gasteiger partial charge in [0.15, 0.2) is 0 Å². The Balaban J connectivity index is 1.45. The van der Waals surface area contributed by atoms with E-state index in [0.717, 1.165) is 17.1 Å². The molecule has 6 heteroatoms. The van der Waals surface area contributed by atoms with Gasteiger partial charge in [-0.2, -0.15) is 0 Å². The SMILES string of the molecule is O=C(NC[C@H]1Cn2c(-c3ccc(F)cc3)cnc2CO1)c1ccccc1. The lowest BCUT2D eigenvalue weighted by molar-refractivity contribution is 0.00374. The van der Waals surface area contributed by atoms with Crippen molar-refractivity contribution < 1.29 is 13.9 Å². The molecule has 2 heterocycles. The van der Waals surface area contributed by atoms with Crippen LogP contribution in [-0.2, 0) is 17.9 Å². The monoisotopic (exact) mass is 351 g/mol. The van der Waals surface area contributed by atoms with Crippen molar-refractivity contribution in [1.29, 1.82) is 0 Å².